The Labute approximate surface area is 93.6 Å². The number of nitrogens with zero attached hydrogens (tertiary/aromatic N) is 3. The summed E-state index contributed by atoms with van der Waals surface area (Å²) in [5.41, 5.74) is 0.911. The number of ether oxygens (including phenoxy) is 2. The maximum Gasteiger partial charge on any atom is 0.219 e. The third-order valence-electron chi connectivity index (χ3n) is 2.12. The maximum absolute atomic E-state index is 5.55. The number of hydrogen-bond acceptors (Lipinski definition) is 4. The Hall–Kier alpha value is -2.04. The quantitative estimate of drug-likeness (QED) is 0.780. The van der Waals surface area contributed by atoms with Crippen molar-refractivity contribution in [1.29, 1.82) is 0 Å². The molecule has 2 heterocycles. The number of pyridine rings is 1. The van der Waals surface area contributed by atoms with Gasteiger partial charge in [0.05, 0.1) is 25.1 Å². The minimum Gasteiger partial charge on any atom is -0.485 e. The molecule has 0 aliphatic rings. The van der Waals surface area contributed by atoms with Crippen LogP contribution in [0.4, 0.5) is 0 Å². The number of aromatic nitrogens is 3. The predicted molar refractivity (Wildman–Crippen MR) is 58.3 cm³/mol. The highest BCUT2D eigenvalue weighted by Gasteiger charge is 2.04. The summed E-state index contributed by atoms with van der Waals surface area (Å²) in [6.07, 6.45) is 5.16. The standard InChI is InChI=1S/C11H13N3O2/c1-14-7-10(6-13-14)16-8-9-4-3-5-12-11(9)15-2/h3-7H,8H2,1-2H3. The molecule has 5 heteroatoms. The second kappa shape index (κ2) is 4.65. The lowest BCUT2D eigenvalue weighted by atomic mass is 10.3. The molecule has 0 aliphatic carbocycles. The number of methoxy groups -OCH3 is 1. The number of aryl methyl sites for hydroxylation is 1. The maximum atomic E-state index is 5.55. The Morgan fingerprint density at radius 3 is 3.00 bits per heavy atom. The van der Waals surface area contributed by atoms with Gasteiger partial charge < -0.3 is 9.47 Å². The highest BCUT2D eigenvalue weighted by atomic mass is 16.5. The summed E-state index contributed by atoms with van der Waals surface area (Å²) in [5.74, 6) is 1.32. The first kappa shape index (κ1) is 10.5. The van der Waals surface area contributed by atoms with Crippen LogP contribution in [0.1, 0.15) is 5.56 Å². The smallest absolute Gasteiger partial charge is 0.219 e. The van der Waals surface area contributed by atoms with Crippen molar-refractivity contribution < 1.29 is 9.47 Å². The Bertz CT molecular complexity index is 468. The van der Waals surface area contributed by atoms with Gasteiger partial charge in [0.1, 0.15) is 6.61 Å². The van der Waals surface area contributed by atoms with E-state index in [-0.39, 0.29) is 0 Å². The molecule has 5 nitrogen and oxygen atoms in total. The zero-order valence-electron chi connectivity index (χ0n) is 9.25. The summed E-state index contributed by atoms with van der Waals surface area (Å²) < 4.78 is 12.4. The van der Waals surface area contributed by atoms with E-state index in [0.29, 0.717) is 12.5 Å². The molecule has 2 rings (SSSR count). The van der Waals surface area contributed by atoms with Crippen LogP contribution in [0.2, 0.25) is 0 Å². The first-order chi connectivity index (χ1) is 7.79. The van der Waals surface area contributed by atoms with Gasteiger partial charge in [0.15, 0.2) is 5.75 Å². The van der Waals surface area contributed by atoms with E-state index < -0.39 is 0 Å². The van der Waals surface area contributed by atoms with Gasteiger partial charge in [-0.1, -0.05) is 0 Å². The molecule has 0 amide bonds. The fourth-order valence-electron chi connectivity index (χ4n) is 1.35. The molecular weight excluding hydrogens is 206 g/mol. The van der Waals surface area contributed by atoms with E-state index >= 15 is 0 Å². The first-order valence-corrected chi connectivity index (χ1v) is 4.89. The van der Waals surface area contributed by atoms with E-state index in [1.54, 1.807) is 24.2 Å². The van der Waals surface area contributed by atoms with Gasteiger partial charge in [-0.05, 0) is 12.1 Å². The van der Waals surface area contributed by atoms with Gasteiger partial charge in [0, 0.05) is 13.2 Å². The third-order valence-corrected chi connectivity index (χ3v) is 2.12. The zero-order valence-corrected chi connectivity index (χ0v) is 9.25. The van der Waals surface area contributed by atoms with Crippen molar-refractivity contribution in [2.24, 2.45) is 7.05 Å². The molecule has 0 radical (unpaired) electrons. The van der Waals surface area contributed by atoms with Crippen LogP contribution < -0.4 is 9.47 Å². The summed E-state index contributed by atoms with van der Waals surface area (Å²) in [7, 11) is 3.44. The van der Waals surface area contributed by atoms with Gasteiger partial charge in [0.25, 0.3) is 0 Å². The van der Waals surface area contributed by atoms with Crippen LogP contribution in [0, 0.1) is 0 Å². The molecule has 0 aromatic carbocycles. The van der Waals surface area contributed by atoms with Crippen molar-refractivity contribution in [2.45, 2.75) is 6.61 Å². The molecule has 0 aliphatic heterocycles. The van der Waals surface area contributed by atoms with Crippen LogP contribution in [0.15, 0.2) is 30.7 Å². The Morgan fingerprint density at radius 2 is 2.31 bits per heavy atom. The molecule has 0 saturated carbocycles. The average molecular weight is 219 g/mol. The summed E-state index contributed by atoms with van der Waals surface area (Å²) in [6, 6.07) is 3.77. The minimum atomic E-state index is 0.419. The van der Waals surface area contributed by atoms with E-state index in [1.807, 2.05) is 25.4 Å². The van der Waals surface area contributed by atoms with Crippen molar-refractivity contribution in [3.63, 3.8) is 0 Å². The molecule has 0 N–H and O–H groups in total. The fraction of sp³-hybridized carbons (Fsp3) is 0.273. The third kappa shape index (κ3) is 2.31. The molecule has 0 bridgehead atoms. The molecule has 0 unspecified atom stereocenters. The van der Waals surface area contributed by atoms with E-state index in [4.69, 9.17) is 9.47 Å². The van der Waals surface area contributed by atoms with Crippen molar-refractivity contribution in [1.82, 2.24) is 14.8 Å². The Balaban J connectivity index is 2.04. The largest absolute Gasteiger partial charge is 0.485 e. The van der Waals surface area contributed by atoms with Crippen molar-refractivity contribution in [3.05, 3.63) is 36.3 Å². The molecule has 0 fully saturated rings. The lowest BCUT2D eigenvalue weighted by Gasteiger charge is -2.07. The topological polar surface area (TPSA) is 49.2 Å². The minimum absolute atomic E-state index is 0.419. The average Bonchev–Trinajstić information content (AvgIpc) is 2.73. The number of hydrogen-bond donors (Lipinski definition) is 0. The highest BCUT2D eigenvalue weighted by molar-refractivity contribution is 5.25. The molecule has 16 heavy (non-hydrogen) atoms. The lowest BCUT2D eigenvalue weighted by Crippen LogP contribution is -1.99. The Kier molecular flexibility index (Phi) is 3.05. The van der Waals surface area contributed by atoms with E-state index in [0.717, 1.165) is 11.3 Å². The van der Waals surface area contributed by atoms with Crippen LogP contribution in [0.5, 0.6) is 11.6 Å². The van der Waals surface area contributed by atoms with Gasteiger partial charge in [-0.2, -0.15) is 5.10 Å². The van der Waals surface area contributed by atoms with E-state index in [9.17, 15) is 0 Å². The van der Waals surface area contributed by atoms with Gasteiger partial charge in [0.2, 0.25) is 5.88 Å². The summed E-state index contributed by atoms with van der Waals surface area (Å²) in [4.78, 5) is 4.09. The zero-order chi connectivity index (χ0) is 11.4. The molecule has 84 valence electrons. The monoisotopic (exact) mass is 219 g/mol. The molecule has 2 aromatic rings. The van der Waals surface area contributed by atoms with Crippen LogP contribution in [0.25, 0.3) is 0 Å². The van der Waals surface area contributed by atoms with Crippen molar-refractivity contribution in [3.8, 4) is 11.6 Å². The van der Waals surface area contributed by atoms with Crippen LogP contribution in [-0.2, 0) is 13.7 Å². The van der Waals surface area contributed by atoms with Crippen LogP contribution in [0.3, 0.4) is 0 Å². The summed E-state index contributed by atoms with van der Waals surface area (Å²) in [5, 5.41) is 4.02. The second-order valence-electron chi connectivity index (χ2n) is 3.31. The number of rotatable bonds is 4. The van der Waals surface area contributed by atoms with Gasteiger partial charge in [-0.15, -0.1) is 0 Å². The van der Waals surface area contributed by atoms with Crippen LogP contribution in [-0.4, -0.2) is 21.9 Å². The normalized spacial score (nSPS) is 10.1. The Morgan fingerprint density at radius 1 is 1.44 bits per heavy atom. The van der Waals surface area contributed by atoms with Gasteiger partial charge >= 0.3 is 0 Å². The molecule has 0 atom stereocenters. The van der Waals surface area contributed by atoms with Crippen molar-refractivity contribution in [2.75, 3.05) is 7.11 Å². The molecule has 0 saturated heterocycles. The summed E-state index contributed by atoms with van der Waals surface area (Å²) in [6.45, 7) is 0.419. The van der Waals surface area contributed by atoms with Gasteiger partial charge in [-0.3, -0.25) is 4.68 Å². The van der Waals surface area contributed by atoms with E-state index in [2.05, 4.69) is 10.1 Å². The van der Waals surface area contributed by atoms with Gasteiger partial charge in [-0.25, -0.2) is 4.98 Å². The fourth-order valence-corrected chi connectivity index (χ4v) is 1.35. The molecular formula is C11H13N3O2. The molecule has 0 spiro atoms. The lowest BCUT2D eigenvalue weighted by molar-refractivity contribution is 0.293. The predicted octanol–water partition coefficient (Wildman–Crippen LogP) is 1.40. The molecule has 2 aromatic heterocycles. The first-order valence-electron chi connectivity index (χ1n) is 4.89. The second-order valence-corrected chi connectivity index (χ2v) is 3.31. The summed E-state index contributed by atoms with van der Waals surface area (Å²) >= 11 is 0. The SMILES string of the molecule is COc1ncccc1COc1cnn(C)c1. The van der Waals surface area contributed by atoms with Crippen molar-refractivity contribution >= 4 is 0 Å². The van der Waals surface area contributed by atoms with E-state index in [1.165, 1.54) is 0 Å². The van der Waals surface area contributed by atoms with Crippen LogP contribution >= 0.6 is 0 Å². The highest BCUT2D eigenvalue weighted by Crippen LogP contribution is 2.16.